The average molecular weight is 516 g/mol. The fourth-order valence-corrected chi connectivity index (χ4v) is 3.65. The molecule has 3 rings (SSSR count). The SMILES string of the molecule is NC(CO)C(=O)NC(CO)C(=O)NC(Cc1c[nH]c2ccccc12)C(=O)NC(Cc1cnc[nH]1)C(=O)O. The van der Waals surface area contributed by atoms with Crippen molar-refractivity contribution in [2.24, 2.45) is 5.73 Å². The molecule has 0 aliphatic rings. The van der Waals surface area contributed by atoms with Crippen LogP contribution in [0, 0.1) is 0 Å². The minimum Gasteiger partial charge on any atom is -0.480 e. The van der Waals surface area contributed by atoms with Crippen LogP contribution in [0.5, 0.6) is 0 Å². The normalized spacial score (nSPS) is 14.4. The molecule has 37 heavy (non-hydrogen) atoms. The number of nitrogens with zero attached hydrogens (tertiary/aromatic N) is 1. The molecule has 0 bridgehead atoms. The van der Waals surface area contributed by atoms with E-state index in [1.165, 1.54) is 12.5 Å². The summed E-state index contributed by atoms with van der Waals surface area (Å²) in [6.07, 6.45) is 4.37. The number of imidazole rings is 1. The van der Waals surface area contributed by atoms with E-state index in [2.05, 4.69) is 30.9 Å². The van der Waals surface area contributed by atoms with Crippen molar-refractivity contribution < 1.29 is 34.5 Å². The van der Waals surface area contributed by atoms with Crippen LogP contribution in [-0.2, 0) is 32.0 Å². The summed E-state index contributed by atoms with van der Waals surface area (Å²) < 4.78 is 0. The number of aromatic nitrogens is 3. The van der Waals surface area contributed by atoms with Gasteiger partial charge in [0.15, 0.2) is 0 Å². The highest BCUT2D eigenvalue weighted by Gasteiger charge is 2.31. The summed E-state index contributed by atoms with van der Waals surface area (Å²) >= 11 is 0. The minimum atomic E-state index is -1.47. The van der Waals surface area contributed by atoms with Crippen LogP contribution in [0.2, 0.25) is 0 Å². The lowest BCUT2D eigenvalue weighted by Crippen LogP contribution is -2.59. The summed E-state index contributed by atoms with van der Waals surface area (Å²) in [5.74, 6) is -3.86. The molecule has 0 fully saturated rings. The second kappa shape index (κ2) is 12.6. The first-order valence-corrected chi connectivity index (χ1v) is 11.4. The molecule has 0 saturated heterocycles. The van der Waals surface area contributed by atoms with Crippen molar-refractivity contribution in [2.75, 3.05) is 13.2 Å². The fraction of sp³-hybridized carbons (Fsp3) is 0.348. The first-order valence-electron chi connectivity index (χ1n) is 11.4. The molecule has 0 aliphatic carbocycles. The van der Waals surface area contributed by atoms with Crippen LogP contribution in [-0.4, -0.2) is 91.3 Å². The van der Waals surface area contributed by atoms with Crippen molar-refractivity contribution >= 4 is 34.6 Å². The number of carboxylic acid groups (broad SMARTS) is 1. The highest BCUT2D eigenvalue weighted by atomic mass is 16.4. The Bertz CT molecular complexity index is 1230. The standard InChI is InChI=1S/C23H29N7O7/c24-15(9-31)20(33)30-19(10-32)22(35)28-17(5-12-7-26-16-4-2-1-3-14(12)16)21(34)29-18(23(36)37)6-13-8-25-11-27-13/h1-4,7-8,11,15,17-19,26,31-32H,5-6,9-10,24H2,(H,25,27)(H,28,35)(H,29,34)(H,30,33)(H,36,37). The number of hydrogen-bond donors (Lipinski definition) is 9. The fourth-order valence-electron chi connectivity index (χ4n) is 3.65. The third kappa shape index (κ3) is 7.13. The lowest BCUT2D eigenvalue weighted by atomic mass is 10.0. The predicted molar refractivity (Wildman–Crippen MR) is 130 cm³/mol. The number of aliphatic carboxylic acids is 1. The van der Waals surface area contributed by atoms with Crippen molar-refractivity contribution in [1.82, 2.24) is 30.9 Å². The summed E-state index contributed by atoms with van der Waals surface area (Å²) in [4.78, 5) is 59.6. The molecule has 14 nitrogen and oxygen atoms in total. The molecule has 4 unspecified atom stereocenters. The van der Waals surface area contributed by atoms with Crippen LogP contribution >= 0.6 is 0 Å². The van der Waals surface area contributed by atoms with Crippen LogP contribution in [0.3, 0.4) is 0 Å². The number of para-hydroxylation sites is 1. The van der Waals surface area contributed by atoms with Gasteiger partial charge in [0.25, 0.3) is 0 Å². The number of carbonyl (C=O) groups is 4. The van der Waals surface area contributed by atoms with E-state index in [-0.39, 0.29) is 12.8 Å². The Morgan fingerprint density at radius 3 is 2.22 bits per heavy atom. The molecule has 2 aromatic heterocycles. The molecule has 3 aromatic rings. The third-order valence-electron chi connectivity index (χ3n) is 5.67. The summed E-state index contributed by atoms with van der Waals surface area (Å²) in [5, 5.41) is 36.2. The third-order valence-corrected chi connectivity index (χ3v) is 5.67. The molecule has 10 N–H and O–H groups in total. The number of aromatic amines is 2. The van der Waals surface area contributed by atoms with Crippen molar-refractivity contribution in [1.29, 1.82) is 0 Å². The number of H-pyrrole nitrogens is 2. The first-order chi connectivity index (χ1) is 17.7. The van der Waals surface area contributed by atoms with Crippen LogP contribution < -0.4 is 21.7 Å². The van der Waals surface area contributed by atoms with Gasteiger partial charge in [-0.1, -0.05) is 18.2 Å². The van der Waals surface area contributed by atoms with Gasteiger partial charge in [0.1, 0.15) is 24.2 Å². The van der Waals surface area contributed by atoms with Gasteiger partial charge >= 0.3 is 5.97 Å². The Balaban J connectivity index is 1.82. The van der Waals surface area contributed by atoms with E-state index in [9.17, 15) is 29.4 Å². The minimum absolute atomic E-state index is 0.0275. The topological polar surface area (TPSA) is 236 Å². The van der Waals surface area contributed by atoms with Crippen LogP contribution in [0.15, 0.2) is 43.0 Å². The van der Waals surface area contributed by atoms with E-state index in [0.29, 0.717) is 11.3 Å². The molecule has 0 saturated carbocycles. The Labute approximate surface area is 210 Å². The van der Waals surface area contributed by atoms with E-state index in [1.807, 2.05) is 18.2 Å². The maximum atomic E-state index is 13.2. The van der Waals surface area contributed by atoms with E-state index < -0.39 is 61.1 Å². The molecule has 0 aliphatic heterocycles. The van der Waals surface area contributed by atoms with Gasteiger partial charge in [-0.3, -0.25) is 14.4 Å². The second-order valence-electron chi connectivity index (χ2n) is 8.34. The maximum absolute atomic E-state index is 13.2. The van der Waals surface area contributed by atoms with Gasteiger partial charge in [0.05, 0.1) is 19.5 Å². The maximum Gasteiger partial charge on any atom is 0.326 e. The van der Waals surface area contributed by atoms with E-state index in [0.717, 1.165) is 10.9 Å². The molecule has 4 atom stereocenters. The van der Waals surface area contributed by atoms with Gasteiger partial charge in [-0.2, -0.15) is 0 Å². The zero-order valence-electron chi connectivity index (χ0n) is 19.7. The summed E-state index contributed by atoms with van der Waals surface area (Å²) in [6.45, 7) is -1.49. The number of carbonyl (C=O) groups excluding carboxylic acids is 3. The summed E-state index contributed by atoms with van der Waals surface area (Å²) in [5.41, 5.74) is 7.39. The molecule has 1 aromatic carbocycles. The van der Waals surface area contributed by atoms with Crippen molar-refractivity contribution in [2.45, 2.75) is 37.0 Å². The number of fused-ring (bicyclic) bond motifs is 1. The Hall–Kier alpha value is -4.27. The smallest absolute Gasteiger partial charge is 0.326 e. The molecule has 0 radical (unpaired) electrons. The molecule has 0 spiro atoms. The van der Waals surface area contributed by atoms with Gasteiger partial charge < -0.3 is 47.0 Å². The quantitative estimate of drug-likeness (QED) is 0.117. The van der Waals surface area contributed by atoms with E-state index in [1.54, 1.807) is 12.3 Å². The van der Waals surface area contributed by atoms with Crippen molar-refractivity contribution in [3.05, 3.63) is 54.2 Å². The number of benzene rings is 1. The van der Waals surface area contributed by atoms with Gasteiger partial charge in [-0.05, 0) is 11.6 Å². The molecule has 14 heteroatoms. The Morgan fingerprint density at radius 2 is 1.57 bits per heavy atom. The highest BCUT2D eigenvalue weighted by molar-refractivity contribution is 5.95. The number of nitrogens with one attached hydrogen (secondary N) is 5. The number of aliphatic hydroxyl groups is 2. The lowest BCUT2D eigenvalue weighted by Gasteiger charge is -2.24. The van der Waals surface area contributed by atoms with Crippen molar-refractivity contribution in [3.8, 4) is 0 Å². The van der Waals surface area contributed by atoms with Gasteiger partial charge in [-0.15, -0.1) is 0 Å². The average Bonchev–Trinajstić information content (AvgIpc) is 3.55. The monoisotopic (exact) mass is 515 g/mol. The highest BCUT2D eigenvalue weighted by Crippen LogP contribution is 2.19. The number of hydrogen-bond acceptors (Lipinski definition) is 8. The number of amides is 3. The molecular weight excluding hydrogens is 486 g/mol. The van der Waals surface area contributed by atoms with Crippen LogP contribution in [0.4, 0.5) is 0 Å². The first kappa shape index (κ1) is 27.3. The summed E-state index contributed by atoms with van der Waals surface area (Å²) in [6, 6.07) is 1.91. The number of rotatable bonds is 13. The van der Waals surface area contributed by atoms with Gasteiger partial charge in [-0.25, -0.2) is 9.78 Å². The number of carboxylic acids is 1. The van der Waals surface area contributed by atoms with Crippen LogP contribution in [0.25, 0.3) is 10.9 Å². The molecule has 2 heterocycles. The number of aliphatic hydroxyl groups excluding tert-OH is 2. The van der Waals surface area contributed by atoms with Crippen molar-refractivity contribution in [3.63, 3.8) is 0 Å². The van der Waals surface area contributed by atoms with Crippen LogP contribution in [0.1, 0.15) is 11.3 Å². The molecular formula is C23H29N7O7. The molecule has 3 amide bonds. The predicted octanol–water partition coefficient (Wildman–Crippen LogP) is -2.47. The Kier molecular flexibility index (Phi) is 9.32. The Morgan fingerprint density at radius 1 is 0.892 bits per heavy atom. The van der Waals surface area contributed by atoms with E-state index in [4.69, 9.17) is 10.8 Å². The number of nitrogens with two attached hydrogens (primary N) is 1. The van der Waals surface area contributed by atoms with Gasteiger partial charge in [0, 0.05) is 41.8 Å². The van der Waals surface area contributed by atoms with E-state index >= 15 is 0 Å². The molecule has 198 valence electrons. The zero-order valence-corrected chi connectivity index (χ0v) is 19.7. The summed E-state index contributed by atoms with van der Waals surface area (Å²) in [7, 11) is 0. The zero-order chi connectivity index (χ0) is 26.9. The largest absolute Gasteiger partial charge is 0.480 e. The lowest BCUT2D eigenvalue weighted by molar-refractivity contribution is -0.142. The van der Waals surface area contributed by atoms with Gasteiger partial charge in [0.2, 0.25) is 17.7 Å². The second-order valence-corrected chi connectivity index (χ2v) is 8.34.